The fraction of sp³-hybridized carbons (Fsp3) is 0. The Hall–Kier alpha value is -3.34. The van der Waals surface area contributed by atoms with Gasteiger partial charge in [0.05, 0.1) is 21.0 Å². The molecule has 0 aliphatic carbocycles. The van der Waals surface area contributed by atoms with E-state index < -0.39 is 21.8 Å². The normalized spacial score (nSPS) is 9.48. The number of benzene rings is 2. The van der Waals surface area contributed by atoms with E-state index in [1.165, 1.54) is 30.3 Å². The average molecular weight is 413 g/mol. The molecular formula is C14H9BrN2O8. The van der Waals surface area contributed by atoms with Gasteiger partial charge in [0.25, 0.3) is 11.4 Å². The van der Waals surface area contributed by atoms with Crippen molar-refractivity contribution >= 4 is 39.2 Å². The summed E-state index contributed by atoms with van der Waals surface area (Å²) in [6.45, 7) is 0. The molecule has 2 rings (SSSR count). The summed E-state index contributed by atoms with van der Waals surface area (Å²) in [7, 11) is 0. The predicted octanol–water partition coefficient (Wildman–Crippen LogP) is 3.35. The minimum atomic E-state index is -1.20. The second kappa shape index (κ2) is 8.49. The first-order chi connectivity index (χ1) is 11.6. The number of halogens is 1. The molecule has 0 amide bonds. The van der Waals surface area contributed by atoms with Crippen LogP contribution in [0.15, 0.2) is 46.9 Å². The Kier molecular flexibility index (Phi) is 6.70. The van der Waals surface area contributed by atoms with Crippen molar-refractivity contribution in [3.63, 3.8) is 0 Å². The highest BCUT2D eigenvalue weighted by Gasteiger charge is 2.14. The minimum Gasteiger partial charge on any atom is -0.478 e. The number of aromatic carboxylic acids is 2. The van der Waals surface area contributed by atoms with Crippen molar-refractivity contribution in [2.45, 2.75) is 0 Å². The van der Waals surface area contributed by atoms with Crippen molar-refractivity contribution in [2.75, 3.05) is 0 Å². The molecule has 0 radical (unpaired) electrons. The molecule has 2 aromatic carbocycles. The van der Waals surface area contributed by atoms with Crippen molar-refractivity contribution in [2.24, 2.45) is 0 Å². The van der Waals surface area contributed by atoms with Crippen LogP contribution in [0.4, 0.5) is 11.4 Å². The fourth-order valence-electron chi connectivity index (χ4n) is 1.54. The van der Waals surface area contributed by atoms with E-state index in [-0.39, 0.29) is 22.5 Å². The largest absolute Gasteiger partial charge is 0.478 e. The summed E-state index contributed by atoms with van der Waals surface area (Å²) >= 11 is 2.98. The van der Waals surface area contributed by atoms with Crippen molar-refractivity contribution < 1.29 is 29.6 Å². The molecule has 25 heavy (non-hydrogen) atoms. The molecule has 0 aliphatic heterocycles. The van der Waals surface area contributed by atoms with Crippen LogP contribution < -0.4 is 0 Å². The number of carboxylic acid groups (broad SMARTS) is 2. The topological polar surface area (TPSA) is 161 Å². The van der Waals surface area contributed by atoms with Gasteiger partial charge in [0, 0.05) is 28.7 Å². The van der Waals surface area contributed by atoms with Crippen molar-refractivity contribution in [1.82, 2.24) is 0 Å². The molecule has 10 nitrogen and oxygen atoms in total. The summed E-state index contributed by atoms with van der Waals surface area (Å²) in [4.78, 5) is 40.1. The van der Waals surface area contributed by atoms with Gasteiger partial charge >= 0.3 is 11.9 Å². The van der Waals surface area contributed by atoms with Gasteiger partial charge in [-0.15, -0.1) is 0 Å². The second-order valence-electron chi connectivity index (χ2n) is 4.34. The van der Waals surface area contributed by atoms with Crippen molar-refractivity contribution in [3.8, 4) is 0 Å². The molecule has 0 aliphatic rings. The van der Waals surface area contributed by atoms with Gasteiger partial charge < -0.3 is 10.2 Å². The van der Waals surface area contributed by atoms with E-state index in [1.807, 2.05) is 0 Å². The summed E-state index contributed by atoms with van der Waals surface area (Å²) in [5, 5.41) is 37.6. The van der Waals surface area contributed by atoms with E-state index in [9.17, 15) is 29.8 Å². The van der Waals surface area contributed by atoms with Crippen LogP contribution in [-0.2, 0) is 0 Å². The van der Waals surface area contributed by atoms with E-state index in [4.69, 9.17) is 10.2 Å². The van der Waals surface area contributed by atoms with Crippen LogP contribution in [0, 0.1) is 20.2 Å². The fourth-order valence-corrected chi connectivity index (χ4v) is 1.96. The lowest BCUT2D eigenvalue weighted by Gasteiger charge is -1.97. The summed E-state index contributed by atoms with van der Waals surface area (Å²) in [6, 6.07) is 8.47. The number of rotatable bonds is 4. The maximum Gasteiger partial charge on any atom is 0.337 e. The minimum absolute atomic E-state index is 0.0794. The van der Waals surface area contributed by atoms with Gasteiger partial charge in [-0.05, 0) is 28.1 Å². The Morgan fingerprint density at radius 1 is 0.880 bits per heavy atom. The molecular weight excluding hydrogens is 404 g/mol. The van der Waals surface area contributed by atoms with Crippen molar-refractivity contribution in [1.29, 1.82) is 0 Å². The number of carbonyl (C=O) groups is 2. The monoisotopic (exact) mass is 412 g/mol. The quantitative estimate of drug-likeness (QED) is 0.570. The SMILES string of the molecule is O=C(O)c1cc([N+](=O)[O-])ccc1Br.O=C(O)c1cccc([N+](=O)[O-])c1. The molecule has 0 bridgehead atoms. The predicted molar refractivity (Wildman–Crippen MR) is 87.8 cm³/mol. The molecule has 0 atom stereocenters. The zero-order valence-electron chi connectivity index (χ0n) is 12.2. The molecule has 11 heteroatoms. The van der Waals surface area contributed by atoms with Gasteiger partial charge in [0.1, 0.15) is 0 Å². The van der Waals surface area contributed by atoms with Crippen LogP contribution in [0.5, 0.6) is 0 Å². The first-order valence-electron chi connectivity index (χ1n) is 6.28. The van der Waals surface area contributed by atoms with Crippen LogP contribution >= 0.6 is 15.9 Å². The standard InChI is InChI=1S/C7H4BrNO4.C7H5NO4/c8-6-2-1-4(9(12)13)3-5(6)7(10)11;9-7(10)5-2-1-3-6(4-5)8(11)12/h1-3H,(H,10,11);1-4H,(H,9,10). The molecule has 0 fully saturated rings. The lowest BCUT2D eigenvalue weighted by Crippen LogP contribution is -1.99. The number of nitro benzene ring substituents is 2. The summed E-state index contributed by atoms with van der Waals surface area (Å²) in [5.41, 5.74) is -0.645. The Labute approximate surface area is 147 Å². The van der Waals surface area contributed by atoms with Crippen LogP contribution in [-0.4, -0.2) is 32.0 Å². The third kappa shape index (κ3) is 5.66. The number of nitrogens with zero attached hydrogens (tertiary/aromatic N) is 2. The number of carboxylic acids is 2. The van der Waals surface area contributed by atoms with Crippen molar-refractivity contribution in [3.05, 3.63) is 78.3 Å². The Morgan fingerprint density at radius 2 is 1.44 bits per heavy atom. The Balaban J connectivity index is 0.000000251. The Bertz CT molecular complexity index is 823. The van der Waals surface area contributed by atoms with Crippen LogP contribution in [0.2, 0.25) is 0 Å². The highest BCUT2D eigenvalue weighted by Crippen LogP contribution is 2.22. The summed E-state index contributed by atoms with van der Waals surface area (Å²) in [5.74, 6) is -2.37. The molecule has 0 spiro atoms. The van der Waals surface area contributed by atoms with Gasteiger partial charge in [-0.1, -0.05) is 6.07 Å². The lowest BCUT2D eigenvalue weighted by atomic mass is 10.2. The molecule has 0 saturated carbocycles. The number of non-ortho nitro benzene ring substituents is 2. The lowest BCUT2D eigenvalue weighted by molar-refractivity contribution is -0.385. The van der Waals surface area contributed by atoms with Gasteiger partial charge in [-0.3, -0.25) is 20.2 Å². The first-order valence-corrected chi connectivity index (χ1v) is 7.07. The van der Waals surface area contributed by atoms with Gasteiger partial charge in [0.2, 0.25) is 0 Å². The molecule has 2 aromatic rings. The highest BCUT2D eigenvalue weighted by atomic mass is 79.9. The second-order valence-corrected chi connectivity index (χ2v) is 5.19. The summed E-state index contributed by atoms with van der Waals surface area (Å²) in [6.07, 6.45) is 0. The van der Waals surface area contributed by atoms with Crippen LogP contribution in [0.25, 0.3) is 0 Å². The third-order valence-corrected chi connectivity index (χ3v) is 3.39. The van der Waals surface area contributed by atoms with Gasteiger partial charge in [0.15, 0.2) is 0 Å². The number of nitro groups is 2. The van der Waals surface area contributed by atoms with E-state index in [1.54, 1.807) is 0 Å². The molecule has 0 heterocycles. The smallest absolute Gasteiger partial charge is 0.337 e. The van der Waals surface area contributed by atoms with Crippen LogP contribution in [0.1, 0.15) is 20.7 Å². The Morgan fingerprint density at radius 3 is 1.92 bits per heavy atom. The zero-order valence-corrected chi connectivity index (χ0v) is 13.7. The number of hydrogen-bond acceptors (Lipinski definition) is 6. The van der Waals surface area contributed by atoms with E-state index in [2.05, 4.69) is 15.9 Å². The molecule has 0 aromatic heterocycles. The van der Waals surface area contributed by atoms with Gasteiger partial charge in [-0.2, -0.15) is 0 Å². The average Bonchev–Trinajstić information content (AvgIpc) is 2.55. The summed E-state index contributed by atoms with van der Waals surface area (Å²) < 4.78 is 0.325. The zero-order chi connectivity index (χ0) is 19.1. The number of hydrogen-bond donors (Lipinski definition) is 2. The van der Waals surface area contributed by atoms with Gasteiger partial charge in [-0.25, -0.2) is 9.59 Å². The molecule has 2 N–H and O–H groups in total. The van der Waals surface area contributed by atoms with Crippen LogP contribution in [0.3, 0.4) is 0 Å². The molecule has 130 valence electrons. The highest BCUT2D eigenvalue weighted by molar-refractivity contribution is 9.10. The maximum atomic E-state index is 10.5. The van der Waals surface area contributed by atoms with E-state index >= 15 is 0 Å². The molecule has 0 unspecified atom stereocenters. The maximum absolute atomic E-state index is 10.5. The molecule has 0 saturated heterocycles. The van der Waals surface area contributed by atoms with E-state index in [0.29, 0.717) is 4.47 Å². The first kappa shape index (κ1) is 19.7. The third-order valence-electron chi connectivity index (χ3n) is 2.70. The van der Waals surface area contributed by atoms with E-state index in [0.717, 1.165) is 12.1 Å².